The van der Waals surface area contributed by atoms with Gasteiger partial charge in [0.1, 0.15) is 0 Å². The van der Waals surface area contributed by atoms with Crippen molar-refractivity contribution >= 4 is 46.2 Å². The Hall–Kier alpha value is -1.47. The van der Waals surface area contributed by atoms with Gasteiger partial charge in [0, 0.05) is 10.5 Å². The number of fused-ring (bicyclic) bond motifs is 1. The minimum absolute atomic E-state index is 0.0432. The summed E-state index contributed by atoms with van der Waals surface area (Å²) in [5.74, 6) is 0.620. The zero-order valence-electron chi connectivity index (χ0n) is 11.8. The summed E-state index contributed by atoms with van der Waals surface area (Å²) >= 11 is 3.53. The molecule has 0 unspecified atom stereocenters. The lowest BCUT2D eigenvalue weighted by Crippen LogP contribution is -1.95. The first-order chi connectivity index (χ1) is 10.6. The van der Waals surface area contributed by atoms with Crippen LogP contribution in [0.4, 0.5) is 0 Å². The first-order valence-corrected chi connectivity index (χ1v) is 8.68. The van der Waals surface area contributed by atoms with Crippen LogP contribution < -0.4 is 4.74 Å². The normalized spacial score (nSPS) is 15.2. The van der Waals surface area contributed by atoms with Crippen molar-refractivity contribution in [3.05, 3.63) is 56.0 Å². The highest BCUT2D eigenvalue weighted by Crippen LogP contribution is 2.41. The highest BCUT2D eigenvalue weighted by atomic mass is 127. The van der Waals surface area contributed by atoms with Crippen LogP contribution in [0.5, 0.6) is 11.5 Å². The molecule has 1 N–H and O–H groups in total. The fourth-order valence-corrected chi connectivity index (χ4v) is 3.91. The van der Waals surface area contributed by atoms with E-state index in [-0.39, 0.29) is 11.5 Å². The standard InChI is InChI=1S/C17H13IO3S/c1-2-21-13-8-10(7-12(18)17(13)20)9-15-16(19)11-5-3-4-6-14(11)22-15/h3-9,20H,2H2,1H3. The Morgan fingerprint density at radius 3 is 2.82 bits per heavy atom. The first kappa shape index (κ1) is 15.4. The van der Waals surface area contributed by atoms with Crippen molar-refractivity contribution in [3.63, 3.8) is 0 Å². The Morgan fingerprint density at radius 1 is 1.32 bits per heavy atom. The molecule has 2 aromatic carbocycles. The number of benzene rings is 2. The number of hydrogen-bond donors (Lipinski definition) is 1. The van der Waals surface area contributed by atoms with E-state index in [4.69, 9.17) is 4.74 Å². The highest BCUT2D eigenvalue weighted by molar-refractivity contribution is 14.1. The van der Waals surface area contributed by atoms with Gasteiger partial charge in [0.15, 0.2) is 11.5 Å². The molecule has 0 radical (unpaired) electrons. The van der Waals surface area contributed by atoms with Gasteiger partial charge in [0.25, 0.3) is 0 Å². The molecule has 3 nitrogen and oxygen atoms in total. The molecule has 0 aromatic heterocycles. The number of aromatic hydroxyl groups is 1. The van der Waals surface area contributed by atoms with Crippen LogP contribution in [0.25, 0.3) is 6.08 Å². The molecule has 0 bridgehead atoms. The van der Waals surface area contributed by atoms with Crippen LogP contribution in [-0.4, -0.2) is 17.5 Å². The number of halogens is 1. The smallest absolute Gasteiger partial charge is 0.200 e. The fraction of sp³-hybridized carbons (Fsp3) is 0.118. The van der Waals surface area contributed by atoms with E-state index < -0.39 is 0 Å². The summed E-state index contributed by atoms with van der Waals surface area (Å²) in [4.78, 5) is 14.1. The molecular formula is C17H13IO3S. The lowest BCUT2D eigenvalue weighted by atomic mass is 10.1. The number of hydrogen-bond acceptors (Lipinski definition) is 4. The predicted molar refractivity (Wildman–Crippen MR) is 96.6 cm³/mol. The Bertz CT molecular complexity index is 783. The highest BCUT2D eigenvalue weighted by Gasteiger charge is 2.25. The number of phenols is 1. The molecule has 1 aliphatic rings. The number of thioether (sulfide) groups is 1. The second-order valence-electron chi connectivity index (χ2n) is 4.72. The molecule has 22 heavy (non-hydrogen) atoms. The Morgan fingerprint density at radius 2 is 2.09 bits per heavy atom. The fourth-order valence-electron chi connectivity index (χ4n) is 2.23. The zero-order valence-corrected chi connectivity index (χ0v) is 14.8. The van der Waals surface area contributed by atoms with Crippen LogP contribution >= 0.6 is 34.4 Å². The quantitative estimate of drug-likeness (QED) is 0.572. The van der Waals surface area contributed by atoms with Crippen LogP contribution in [0, 0.1) is 3.57 Å². The van der Waals surface area contributed by atoms with E-state index in [0.717, 1.165) is 16.0 Å². The molecule has 3 rings (SSSR count). The van der Waals surface area contributed by atoms with Crippen molar-refractivity contribution in [3.8, 4) is 11.5 Å². The largest absolute Gasteiger partial charge is 0.504 e. The van der Waals surface area contributed by atoms with Gasteiger partial charge in [-0.25, -0.2) is 0 Å². The maximum absolute atomic E-state index is 12.4. The van der Waals surface area contributed by atoms with Crippen molar-refractivity contribution in [1.82, 2.24) is 0 Å². The summed E-state index contributed by atoms with van der Waals surface area (Å²) in [6.45, 7) is 2.34. The average molecular weight is 424 g/mol. The van der Waals surface area contributed by atoms with E-state index in [1.807, 2.05) is 43.3 Å². The van der Waals surface area contributed by atoms with E-state index in [2.05, 4.69) is 22.6 Å². The molecule has 0 fully saturated rings. The van der Waals surface area contributed by atoms with Gasteiger partial charge in [-0.05, 0) is 65.4 Å². The summed E-state index contributed by atoms with van der Waals surface area (Å²) in [7, 11) is 0. The third kappa shape index (κ3) is 2.87. The number of Topliss-reactive ketones (excluding diaryl/α,β-unsaturated/α-hetero) is 1. The topological polar surface area (TPSA) is 46.5 Å². The molecule has 0 atom stereocenters. The number of ketones is 1. The third-order valence-corrected chi connectivity index (χ3v) is 5.15. The summed E-state index contributed by atoms with van der Waals surface area (Å²) in [5.41, 5.74) is 1.59. The van der Waals surface area contributed by atoms with Crippen molar-refractivity contribution in [2.75, 3.05) is 6.61 Å². The molecule has 5 heteroatoms. The Labute approximate surface area is 146 Å². The monoisotopic (exact) mass is 424 g/mol. The van der Waals surface area contributed by atoms with E-state index in [1.165, 1.54) is 11.8 Å². The van der Waals surface area contributed by atoms with Crippen molar-refractivity contribution < 1.29 is 14.6 Å². The summed E-state index contributed by atoms with van der Waals surface area (Å²) in [6, 6.07) is 11.2. The maximum atomic E-state index is 12.4. The maximum Gasteiger partial charge on any atom is 0.200 e. The number of allylic oxidation sites excluding steroid dienone is 1. The predicted octanol–water partition coefficient (Wildman–Crippen LogP) is 4.73. The van der Waals surface area contributed by atoms with Gasteiger partial charge in [-0.2, -0.15) is 0 Å². The van der Waals surface area contributed by atoms with Gasteiger partial charge in [-0.15, -0.1) is 0 Å². The minimum Gasteiger partial charge on any atom is -0.504 e. The Balaban J connectivity index is 1.99. The molecule has 0 saturated heterocycles. The SMILES string of the molecule is CCOc1cc(C=C2Sc3ccccc3C2=O)cc(I)c1O. The van der Waals surface area contributed by atoms with Crippen molar-refractivity contribution in [2.24, 2.45) is 0 Å². The van der Waals surface area contributed by atoms with Crippen LogP contribution in [0.3, 0.4) is 0 Å². The molecule has 112 valence electrons. The minimum atomic E-state index is 0.0432. The van der Waals surface area contributed by atoms with Crippen LogP contribution in [0.1, 0.15) is 22.8 Å². The van der Waals surface area contributed by atoms with Gasteiger partial charge in [0.05, 0.1) is 15.1 Å². The van der Waals surface area contributed by atoms with Crippen molar-refractivity contribution in [1.29, 1.82) is 0 Å². The number of carbonyl (C=O) groups is 1. The average Bonchev–Trinajstić information content (AvgIpc) is 2.81. The molecule has 0 aliphatic carbocycles. The van der Waals surface area contributed by atoms with Gasteiger partial charge in [-0.3, -0.25) is 4.79 Å². The number of phenolic OH excluding ortho intramolecular Hbond substituents is 1. The lowest BCUT2D eigenvalue weighted by Gasteiger charge is -2.09. The molecule has 2 aromatic rings. The van der Waals surface area contributed by atoms with Gasteiger partial charge < -0.3 is 9.84 Å². The van der Waals surface area contributed by atoms with E-state index in [1.54, 1.807) is 6.07 Å². The van der Waals surface area contributed by atoms with Crippen LogP contribution in [-0.2, 0) is 0 Å². The number of carbonyl (C=O) groups excluding carboxylic acids is 1. The zero-order chi connectivity index (χ0) is 15.7. The molecule has 1 aliphatic heterocycles. The molecule has 0 spiro atoms. The van der Waals surface area contributed by atoms with E-state index >= 15 is 0 Å². The van der Waals surface area contributed by atoms with E-state index in [9.17, 15) is 9.90 Å². The molecule has 1 heterocycles. The second-order valence-corrected chi connectivity index (χ2v) is 6.96. The molecular weight excluding hydrogens is 411 g/mol. The first-order valence-electron chi connectivity index (χ1n) is 6.78. The van der Waals surface area contributed by atoms with Gasteiger partial charge in [-0.1, -0.05) is 23.9 Å². The van der Waals surface area contributed by atoms with E-state index in [0.29, 0.717) is 20.8 Å². The summed E-state index contributed by atoms with van der Waals surface area (Å²) < 4.78 is 6.13. The summed E-state index contributed by atoms with van der Waals surface area (Å²) in [6.07, 6.45) is 1.84. The lowest BCUT2D eigenvalue weighted by molar-refractivity contribution is 0.104. The Kier molecular flexibility index (Phi) is 4.44. The van der Waals surface area contributed by atoms with Crippen molar-refractivity contribution in [2.45, 2.75) is 11.8 Å². The summed E-state index contributed by atoms with van der Waals surface area (Å²) in [5, 5.41) is 9.98. The second kappa shape index (κ2) is 6.34. The van der Waals surface area contributed by atoms with Crippen LogP contribution in [0.2, 0.25) is 0 Å². The number of rotatable bonds is 3. The number of ether oxygens (including phenoxy) is 1. The van der Waals surface area contributed by atoms with Gasteiger partial charge in [0.2, 0.25) is 5.78 Å². The third-order valence-electron chi connectivity index (χ3n) is 3.22. The van der Waals surface area contributed by atoms with Crippen LogP contribution in [0.15, 0.2) is 46.2 Å². The molecule has 0 saturated carbocycles. The molecule has 0 amide bonds. The van der Waals surface area contributed by atoms with Gasteiger partial charge >= 0.3 is 0 Å².